The topological polar surface area (TPSA) is 88.9 Å². The van der Waals surface area contributed by atoms with Crippen molar-refractivity contribution in [2.45, 2.75) is 26.9 Å². The van der Waals surface area contributed by atoms with E-state index in [-0.39, 0.29) is 11.6 Å². The number of nitrogens with one attached hydrogen (secondary N) is 2. The molecule has 158 valence electrons. The molecule has 0 spiro atoms. The maximum absolute atomic E-state index is 12.6. The molecule has 7 nitrogen and oxygen atoms in total. The fourth-order valence-electron chi connectivity index (χ4n) is 2.68. The number of anilines is 1. The minimum absolute atomic E-state index is 0.286. The fraction of sp³-hybridized carbons (Fsp3) is 0.238. The van der Waals surface area contributed by atoms with Crippen LogP contribution in [-0.4, -0.2) is 34.2 Å². The third-order valence-corrected chi connectivity index (χ3v) is 4.82. The maximum Gasteiger partial charge on any atom is 0.278 e. The van der Waals surface area contributed by atoms with Crippen LogP contribution in [-0.2, 0) is 17.9 Å². The standard InChI is InChI=1S/C19H19Cl2N5O.C2H4O/c1-12-18(19(27)23-15-5-3-4-13(8-15)10-22-2)24-25-26(12)11-14-6-7-16(20)17(21)9-14;1-2-3/h3-9,22H,10-11H2,1-2H3,(H,23,27);2H,1H3. The van der Waals surface area contributed by atoms with Gasteiger partial charge in [0.05, 0.1) is 22.3 Å². The van der Waals surface area contributed by atoms with E-state index in [9.17, 15) is 4.79 Å². The molecule has 0 aliphatic carbocycles. The number of carbonyl (C=O) groups is 2. The highest BCUT2D eigenvalue weighted by molar-refractivity contribution is 6.42. The Balaban J connectivity index is 0.00000101. The molecule has 0 aliphatic rings. The highest BCUT2D eigenvalue weighted by atomic mass is 35.5. The van der Waals surface area contributed by atoms with Gasteiger partial charge >= 0.3 is 0 Å². The molecule has 0 bridgehead atoms. The summed E-state index contributed by atoms with van der Waals surface area (Å²) in [7, 11) is 1.88. The Morgan fingerprint density at radius 3 is 2.53 bits per heavy atom. The second-order valence-electron chi connectivity index (χ2n) is 6.35. The van der Waals surface area contributed by atoms with Crippen LogP contribution in [0, 0.1) is 6.92 Å². The third-order valence-electron chi connectivity index (χ3n) is 4.08. The van der Waals surface area contributed by atoms with Crippen LogP contribution in [0.15, 0.2) is 42.5 Å². The first-order chi connectivity index (χ1) is 14.4. The van der Waals surface area contributed by atoms with E-state index in [1.165, 1.54) is 6.92 Å². The van der Waals surface area contributed by atoms with E-state index in [1.54, 1.807) is 16.8 Å². The Bertz CT molecular complexity index is 1020. The van der Waals surface area contributed by atoms with Gasteiger partial charge in [-0.3, -0.25) is 4.79 Å². The van der Waals surface area contributed by atoms with Gasteiger partial charge in [-0.05, 0) is 56.3 Å². The maximum atomic E-state index is 12.6. The van der Waals surface area contributed by atoms with Crippen molar-refractivity contribution >= 4 is 41.1 Å². The first-order valence-corrected chi connectivity index (χ1v) is 9.93. The summed E-state index contributed by atoms with van der Waals surface area (Å²) in [6.07, 6.45) is 0.750. The lowest BCUT2D eigenvalue weighted by Crippen LogP contribution is -2.15. The van der Waals surface area contributed by atoms with Crippen molar-refractivity contribution < 1.29 is 9.59 Å². The molecular formula is C21H23Cl2N5O2. The number of carbonyl (C=O) groups excluding carboxylic acids is 2. The number of aromatic nitrogens is 3. The summed E-state index contributed by atoms with van der Waals surface area (Å²) in [6.45, 7) is 4.42. The van der Waals surface area contributed by atoms with Crippen molar-refractivity contribution in [1.82, 2.24) is 20.3 Å². The van der Waals surface area contributed by atoms with E-state index in [0.29, 0.717) is 28.0 Å². The predicted octanol–water partition coefficient (Wildman–Crippen LogP) is 4.12. The first-order valence-electron chi connectivity index (χ1n) is 9.18. The van der Waals surface area contributed by atoms with E-state index in [0.717, 1.165) is 24.0 Å². The van der Waals surface area contributed by atoms with Crippen molar-refractivity contribution in [3.63, 3.8) is 0 Å². The molecular weight excluding hydrogens is 425 g/mol. The van der Waals surface area contributed by atoms with Gasteiger partial charge in [0.1, 0.15) is 6.29 Å². The van der Waals surface area contributed by atoms with E-state index in [2.05, 4.69) is 20.9 Å². The summed E-state index contributed by atoms with van der Waals surface area (Å²) in [6, 6.07) is 13.0. The van der Waals surface area contributed by atoms with Crippen LogP contribution in [0.5, 0.6) is 0 Å². The zero-order valence-corrected chi connectivity index (χ0v) is 18.5. The molecule has 3 rings (SSSR count). The largest absolute Gasteiger partial charge is 0.321 e. The van der Waals surface area contributed by atoms with Gasteiger partial charge in [0, 0.05) is 12.2 Å². The van der Waals surface area contributed by atoms with Crippen molar-refractivity contribution in [2.24, 2.45) is 0 Å². The third kappa shape index (κ3) is 6.38. The SMILES string of the molecule is CC=O.CNCc1cccc(NC(=O)c2nnn(Cc3ccc(Cl)c(Cl)c3)c2C)c1. The number of aldehydes is 1. The lowest BCUT2D eigenvalue weighted by Gasteiger charge is -2.07. The number of rotatable bonds is 6. The fourth-order valence-corrected chi connectivity index (χ4v) is 3.01. The van der Waals surface area contributed by atoms with Gasteiger partial charge < -0.3 is 15.4 Å². The first kappa shape index (κ1) is 23.5. The predicted molar refractivity (Wildman–Crippen MR) is 119 cm³/mol. The van der Waals surface area contributed by atoms with E-state index in [4.69, 9.17) is 28.0 Å². The van der Waals surface area contributed by atoms with Gasteiger partial charge in [-0.25, -0.2) is 4.68 Å². The molecule has 0 fully saturated rings. The Kier molecular flexibility index (Phi) is 8.98. The van der Waals surface area contributed by atoms with Crippen molar-refractivity contribution in [1.29, 1.82) is 0 Å². The van der Waals surface area contributed by atoms with Crippen LogP contribution in [0.4, 0.5) is 5.69 Å². The summed E-state index contributed by atoms with van der Waals surface area (Å²) in [5, 5.41) is 15.1. The molecule has 0 saturated heterocycles. The van der Waals surface area contributed by atoms with Gasteiger partial charge in [-0.1, -0.05) is 46.6 Å². The molecule has 0 aliphatic heterocycles. The average molecular weight is 448 g/mol. The van der Waals surface area contributed by atoms with Crippen LogP contribution in [0.25, 0.3) is 0 Å². The normalized spacial score (nSPS) is 10.2. The van der Waals surface area contributed by atoms with Crippen LogP contribution in [0.1, 0.15) is 34.2 Å². The quantitative estimate of drug-likeness (QED) is 0.554. The van der Waals surface area contributed by atoms with E-state index >= 15 is 0 Å². The molecule has 1 heterocycles. The van der Waals surface area contributed by atoms with Crippen LogP contribution < -0.4 is 10.6 Å². The molecule has 9 heteroatoms. The Labute approximate surface area is 185 Å². The summed E-state index contributed by atoms with van der Waals surface area (Å²) < 4.78 is 1.66. The van der Waals surface area contributed by atoms with Gasteiger partial charge in [0.2, 0.25) is 0 Å². The minimum Gasteiger partial charge on any atom is -0.321 e. The lowest BCUT2D eigenvalue weighted by molar-refractivity contribution is -0.106. The van der Waals surface area contributed by atoms with Gasteiger partial charge in [-0.15, -0.1) is 5.10 Å². The molecule has 30 heavy (non-hydrogen) atoms. The zero-order chi connectivity index (χ0) is 22.1. The molecule has 0 atom stereocenters. The zero-order valence-electron chi connectivity index (χ0n) is 16.9. The van der Waals surface area contributed by atoms with Gasteiger partial charge in [-0.2, -0.15) is 0 Å². The number of hydrogen-bond donors (Lipinski definition) is 2. The second-order valence-corrected chi connectivity index (χ2v) is 7.16. The molecule has 0 radical (unpaired) electrons. The average Bonchev–Trinajstić information content (AvgIpc) is 3.06. The number of halogens is 2. The summed E-state index contributed by atoms with van der Waals surface area (Å²) in [5.74, 6) is -0.297. The van der Waals surface area contributed by atoms with E-state index in [1.807, 2.05) is 44.3 Å². The van der Waals surface area contributed by atoms with Crippen molar-refractivity contribution in [3.05, 3.63) is 75.0 Å². The summed E-state index contributed by atoms with van der Waals surface area (Å²) in [5.41, 5.74) is 3.67. The second kappa shape index (κ2) is 11.4. The molecule has 0 saturated carbocycles. The van der Waals surface area contributed by atoms with Crippen molar-refractivity contribution in [3.8, 4) is 0 Å². The molecule has 1 aromatic heterocycles. The molecule has 3 aromatic rings. The number of nitrogens with zero attached hydrogens (tertiary/aromatic N) is 3. The molecule has 2 aromatic carbocycles. The highest BCUT2D eigenvalue weighted by Gasteiger charge is 2.17. The molecule has 0 unspecified atom stereocenters. The lowest BCUT2D eigenvalue weighted by atomic mass is 10.2. The van der Waals surface area contributed by atoms with E-state index < -0.39 is 0 Å². The number of hydrogen-bond acceptors (Lipinski definition) is 5. The molecule has 2 N–H and O–H groups in total. The Hall–Kier alpha value is -2.74. The molecule has 1 amide bonds. The highest BCUT2D eigenvalue weighted by Crippen LogP contribution is 2.23. The monoisotopic (exact) mass is 447 g/mol. The summed E-state index contributed by atoms with van der Waals surface area (Å²) >= 11 is 12.0. The Morgan fingerprint density at radius 2 is 1.87 bits per heavy atom. The van der Waals surface area contributed by atoms with Crippen LogP contribution in [0.2, 0.25) is 10.0 Å². The smallest absolute Gasteiger partial charge is 0.278 e. The van der Waals surface area contributed by atoms with Crippen LogP contribution in [0.3, 0.4) is 0 Å². The van der Waals surface area contributed by atoms with Crippen molar-refractivity contribution in [2.75, 3.05) is 12.4 Å². The Morgan fingerprint density at radius 1 is 1.13 bits per heavy atom. The van der Waals surface area contributed by atoms with Gasteiger partial charge in [0.15, 0.2) is 5.69 Å². The minimum atomic E-state index is -0.297. The number of amides is 1. The van der Waals surface area contributed by atoms with Crippen LogP contribution >= 0.6 is 23.2 Å². The summed E-state index contributed by atoms with van der Waals surface area (Å²) in [4.78, 5) is 21.4. The van der Waals surface area contributed by atoms with Gasteiger partial charge in [0.25, 0.3) is 5.91 Å². The number of benzene rings is 2.